The Morgan fingerprint density at radius 2 is 1.78 bits per heavy atom. The summed E-state index contributed by atoms with van der Waals surface area (Å²) in [6, 6.07) is 16.6. The molecule has 7 heteroatoms. The lowest BCUT2D eigenvalue weighted by Gasteiger charge is -2.29. The Balaban J connectivity index is 1.45. The zero-order chi connectivity index (χ0) is 22.6. The predicted octanol–water partition coefficient (Wildman–Crippen LogP) is 3.99. The van der Waals surface area contributed by atoms with E-state index in [2.05, 4.69) is 15.0 Å². The van der Waals surface area contributed by atoms with E-state index in [1.807, 2.05) is 6.07 Å². The van der Waals surface area contributed by atoms with Crippen molar-refractivity contribution in [3.63, 3.8) is 0 Å². The maximum Gasteiger partial charge on any atom is 0.337 e. The van der Waals surface area contributed by atoms with Gasteiger partial charge in [0.25, 0.3) is 5.91 Å². The Bertz CT molecular complexity index is 1090. The molecule has 2 aromatic carbocycles. The second kappa shape index (κ2) is 9.28. The van der Waals surface area contributed by atoms with Crippen molar-refractivity contribution in [3.8, 4) is 0 Å². The number of esters is 1. The molecule has 0 saturated carbocycles. The van der Waals surface area contributed by atoms with Crippen LogP contribution in [0, 0.1) is 5.82 Å². The highest BCUT2D eigenvalue weighted by atomic mass is 19.1. The van der Waals surface area contributed by atoms with Gasteiger partial charge in [-0.3, -0.25) is 9.78 Å². The summed E-state index contributed by atoms with van der Waals surface area (Å²) >= 11 is 0. The van der Waals surface area contributed by atoms with Gasteiger partial charge < -0.3 is 14.8 Å². The summed E-state index contributed by atoms with van der Waals surface area (Å²) < 4.78 is 24.2. The third-order valence-electron chi connectivity index (χ3n) is 5.62. The fourth-order valence-electron chi connectivity index (χ4n) is 3.90. The van der Waals surface area contributed by atoms with Crippen LogP contribution in [-0.4, -0.2) is 30.6 Å². The van der Waals surface area contributed by atoms with Gasteiger partial charge in [-0.2, -0.15) is 0 Å². The third-order valence-corrected chi connectivity index (χ3v) is 5.62. The van der Waals surface area contributed by atoms with E-state index in [4.69, 9.17) is 4.74 Å². The first-order valence-corrected chi connectivity index (χ1v) is 10.3. The number of amides is 1. The predicted molar refractivity (Wildman–Crippen MR) is 116 cm³/mol. The number of hydrogen-bond donors (Lipinski definition) is 1. The van der Waals surface area contributed by atoms with Gasteiger partial charge in [-0.05, 0) is 54.3 Å². The van der Waals surface area contributed by atoms with E-state index in [9.17, 15) is 14.0 Å². The maximum absolute atomic E-state index is 13.4. The number of pyridine rings is 1. The van der Waals surface area contributed by atoms with E-state index < -0.39 is 11.6 Å². The van der Waals surface area contributed by atoms with Gasteiger partial charge >= 0.3 is 5.97 Å². The highest BCUT2D eigenvalue weighted by Gasteiger charge is 2.39. The molecule has 1 aliphatic rings. The summed E-state index contributed by atoms with van der Waals surface area (Å²) in [6.45, 7) is 0.903. The van der Waals surface area contributed by atoms with Crippen LogP contribution >= 0.6 is 0 Å². The second-order valence-electron chi connectivity index (χ2n) is 7.59. The molecule has 1 N–H and O–H groups in total. The first kappa shape index (κ1) is 21.6. The van der Waals surface area contributed by atoms with Crippen molar-refractivity contribution in [2.75, 3.05) is 13.7 Å². The van der Waals surface area contributed by atoms with Gasteiger partial charge in [-0.15, -0.1) is 0 Å². The largest absolute Gasteiger partial charge is 0.465 e. The molecule has 1 fully saturated rings. The van der Waals surface area contributed by atoms with Gasteiger partial charge in [0.15, 0.2) is 0 Å². The van der Waals surface area contributed by atoms with Crippen LogP contribution in [0.2, 0.25) is 0 Å². The molecule has 2 heterocycles. The van der Waals surface area contributed by atoms with E-state index in [1.54, 1.807) is 48.7 Å². The number of nitrogens with one attached hydrogen (secondary N) is 1. The van der Waals surface area contributed by atoms with Gasteiger partial charge in [-0.25, -0.2) is 9.18 Å². The standard InChI is InChI=1S/C25H23FN2O4/c1-31-24(30)18-5-3-17(4-6-18)15-28-23(29)22-12-9-20(16-27-22)25(13-2-14-32-25)19-7-10-21(26)11-8-19/h3-12,16H,2,13-15H2,1H3,(H,28,29). The molecule has 4 rings (SSSR count). The molecule has 1 unspecified atom stereocenters. The molecule has 1 amide bonds. The lowest BCUT2D eigenvalue weighted by atomic mass is 9.84. The number of rotatable bonds is 6. The van der Waals surface area contributed by atoms with E-state index >= 15 is 0 Å². The molecule has 3 aromatic rings. The monoisotopic (exact) mass is 434 g/mol. The molecule has 0 radical (unpaired) electrons. The first-order valence-electron chi connectivity index (χ1n) is 10.3. The zero-order valence-corrected chi connectivity index (χ0v) is 17.6. The molecule has 164 valence electrons. The molecule has 32 heavy (non-hydrogen) atoms. The number of methoxy groups -OCH3 is 1. The number of carbonyl (C=O) groups is 2. The molecule has 0 bridgehead atoms. The second-order valence-corrected chi connectivity index (χ2v) is 7.59. The van der Waals surface area contributed by atoms with Crippen molar-refractivity contribution in [1.82, 2.24) is 10.3 Å². The topological polar surface area (TPSA) is 77.5 Å². The van der Waals surface area contributed by atoms with Crippen LogP contribution in [0.15, 0.2) is 66.9 Å². The van der Waals surface area contributed by atoms with Crippen LogP contribution in [0.3, 0.4) is 0 Å². The number of nitrogens with zero attached hydrogens (tertiary/aromatic N) is 1. The Labute approximate surface area is 185 Å². The van der Waals surface area contributed by atoms with Gasteiger partial charge in [0.2, 0.25) is 0 Å². The van der Waals surface area contributed by atoms with E-state index in [-0.39, 0.29) is 17.4 Å². The Hall–Kier alpha value is -3.58. The quantitative estimate of drug-likeness (QED) is 0.594. The lowest BCUT2D eigenvalue weighted by Crippen LogP contribution is -2.28. The van der Waals surface area contributed by atoms with Crippen LogP contribution in [0.4, 0.5) is 4.39 Å². The summed E-state index contributed by atoms with van der Waals surface area (Å²) in [5.41, 5.74) is 2.59. The highest BCUT2D eigenvalue weighted by Crippen LogP contribution is 2.42. The Kier molecular flexibility index (Phi) is 6.28. The van der Waals surface area contributed by atoms with Gasteiger partial charge in [0, 0.05) is 24.9 Å². The number of halogens is 1. The van der Waals surface area contributed by atoms with Crippen LogP contribution in [0.25, 0.3) is 0 Å². The van der Waals surface area contributed by atoms with Crippen LogP contribution in [0.1, 0.15) is 50.4 Å². The molecule has 1 saturated heterocycles. The average molecular weight is 434 g/mol. The van der Waals surface area contributed by atoms with Crippen molar-refractivity contribution in [1.29, 1.82) is 0 Å². The number of carbonyl (C=O) groups excluding carboxylic acids is 2. The molecule has 0 spiro atoms. The minimum Gasteiger partial charge on any atom is -0.465 e. The normalized spacial score (nSPS) is 17.7. The summed E-state index contributed by atoms with van der Waals surface area (Å²) in [4.78, 5) is 28.4. The minimum atomic E-state index is -0.683. The van der Waals surface area contributed by atoms with Gasteiger partial charge in [0.1, 0.15) is 17.1 Å². The number of aromatic nitrogens is 1. The highest BCUT2D eigenvalue weighted by molar-refractivity contribution is 5.92. The van der Waals surface area contributed by atoms with Crippen molar-refractivity contribution in [3.05, 3.63) is 101 Å². The molecule has 1 aromatic heterocycles. The van der Waals surface area contributed by atoms with Gasteiger partial charge in [-0.1, -0.05) is 30.3 Å². The molecule has 6 nitrogen and oxygen atoms in total. The summed E-state index contributed by atoms with van der Waals surface area (Å²) in [5, 5.41) is 2.82. The average Bonchev–Trinajstić information content (AvgIpc) is 3.34. The number of benzene rings is 2. The van der Waals surface area contributed by atoms with Crippen molar-refractivity contribution >= 4 is 11.9 Å². The van der Waals surface area contributed by atoms with Crippen LogP contribution in [0.5, 0.6) is 0 Å². The van der Waals surface area contributed by atoms with Crippen LogP contribution in [-0.2, 0) is 21.6 Å². The molecular formula is C25H23FN2O4. The summed E-state index contributed by atoms with van der Waals surface area (Å²) in [5.74, 6) is -1.02. The molecule has 0 aliphatic carbocycles. The minimum absolute atomic E-state index is 0.284. The number of ether oxygens (including phenoxy) is 2. The van der Waals surface area contributed by atoms with E-state index in [0.717, 1.165) is 29.5 Å². The van der Waals surface area contributed by atoms with Gasteiger partial charge in [0.05, 0.1) is 12.7 Å². The fraction of sp³-hybridized carbons (Fsp3) is 0.240. The van der Waals surface area contributed by atoms with E-state index in [1.165, 1.54) is 19.2 Å². The lowest BCUT2D eigenvalue weighted by molar-refractivity contribution is 0.0356. The SMILES string of the molecule is COC(=O)c1ccc(CNC(=O)c2ccc(C3(c4ccc(F)cc4)CCCO3)cn2)cc1. The number of hydrogen-bond acceptors (Lipinski definition) is 5. The molecular weight excluding hydrogens is 411 g/mol. The van der Waals surface area contributed by atoms with Crippen molar-refractivity contribution < 1.29 is 23.5 Å². The molecule has 1 atom stereocenters. The fourth-order valence-corrected chi connectivity index (χ4v) is 3.90. The zero-order valence-electron chi connectivity index (χ0n) is 17.6. The summed E-state index contributed by atoms with van der Waals surface area (Å²) in [6.07, 6.45) is 3.29. The van der Waals surface area contributed by atoms with Crippen LogP contribution < -0.4 is 5.32 Å². The van der Waals surface area contributed by atoms with E-state index in [0.29, 0.717) is 18.7 Å². The smallest absolute Gasteiger partial charge is 0.337 e. The Morgan fingerprint density at radius 1 is 1.06 bits per heavy atom. The maximum atomic E-state index is 13.4. The third kappa shape index (κ3) is 4.38. The summed E-state index contributed by atoms with van der Waals surface area (Å²) in [7, 11) is 1.33. The van der Waals surface area contributed by atoms with Crippen molar-refractivity contribution in [2.45, 2.75) is 25.0 Å². The molecule has 1 aliphatic heterocycles. The Morgan fingerprint density at radius 3 is 2.38 bits per heavy atom. The van der Waals surface area contributed by atoms with Crippen molar-refractivity contribution in [2.24, 2.45) is 0 Å². The first-order chi connectivity index (χ1) is 15.5.